The Morgan fingerprint density at radius 3 is 2.77 bits per heavy atom. The van der Waals surface area contributed by atoms with E-state index in [1.54, 1.807) is 6.20 Å². The van der Waals surface area contributed by atoms with Gasteiger partial charge in [-0.1, -0.05) is 6.92 Å². The van der Waals surface area contributed by atoms with Gasteiger partial charge in [0.2, 0.25) is 0 Å². The molecular formula is C26H39N3O. The molecule has 1 aromatic rings. The summed E-state index contributed by atoms with van der Waals surface area (Å²) in [5.74, 6) is 6.28. The second-order valence-corrected chi connectivity index (χ2v) is 11.4. The smallest absolute Gasteiger partial charge is 0.102 e. The van der Waals surface area contributed by atoms with E-state index in [0.717, 1.165) is 42.1 Å². The number of ether oxygens (including phenoxy) is 1. The van der Waals surface area contributed by atoms with Gasteiger partial charge in [0.15, 0.2) is 0 Å². The Morgan fingerprint density at radius 1 is 1.17 bits per heavy atom. The summed E-state index contributed by atoms with van der Waals surface area (Å²) in [6.45, 7) is 5.92. The monoisotopic (exact) mass is 409 g/mol. The molecule has 4 heteroatoms. The van der Waals surface area contributed by atoms with Crippen LogP contribution in [0.3, 0.4) is 0 Å². The van der Waals surface area contributed by atoms with Crippen molar-refractivity contribution in [2.24, 2.45) is 46.8 Å². The second-order valence-electron chi connectivity index (χ2n) is 11.4. The molecule has 5 rings (SSSR count). The number of nitriles is 1. The number of aromatic nitrogens is 2. The fourth-order valence-electron chi connectivity index (χ4n) is 8.97. The predicted molar refractivity (Wildman–Crippen MR) is 118 cm³/mol. The molecule has 0 saturated heterocycles. The first kappa shape index (κ1) is 20.6. The van der Waals surface area contributed by atoms with Crippen molar-refractivity contribution >= 4 is 0 Å². The SMILES string of the molecule is COC[C@H]1CC[C@@H]2C3CC[C@@]4(C)C(CCC4[C@H](C)n4cc(C#N)cn4)[C@@H]3CC[C@@H]2C1. The number of methoxy groups -OCH3 is 1. The van der Waals surface area contributed by atoms with Crippen molar-refractivity contribution in [3.05, 3.63) is 18.0 Å². The molecule has 0 aromatic carbocycles. The van der Waals surface area contributed by atoms with Crippen LogP contribution in [0.25, 0.3) is 0 Å². The fraction of sp³-hybridized carbons (Fsp3) is 0.846. The summed E-state index contributed by atoms with van der Waals surface area (Å²) in [6.07, 6.45) is 16.4. The molecule has 4 aliphatic rings. The number of nitrogens with zero attached hydrogens (tertiary/aromatic N) is 3. The normalized spacial score (nSPS) is 43.9. The lowest BCUT2D eigenvalue weighted by molar-refractivity contribution is -0.0765. The molecule has 0 spiro atoms. The Kier molecular flexibility index (Phi) is 5.46. The summed E-state index contributed by atoms with van der Waals surface area (Å²) < 4.78 is 7.57. The summed E-state index contributed by atoms with van der Waals surface area (Å²) in [6, 6.07) is 2.63. The zero-order valence-electron chi connectivity index (χ0n) is 19.1. The van der Waals surface area contributed by atoms with Crippen LogP contribution in [0.1, 0.15) is 83.2 Å². The molecule has 4 saturated carbocycles. The van der Waals surface area contributed by atoms with Gasteiger partial charge in [-0.15, -0.1) is 0 Å². The quantitative estimate of drug-likeness (QED) is 0.627. The van der Waals surface area contributed by atoms with Crippen LogP contribution in [0.15, 0.2) is 12.4 Å². The molecule has 0 radical (unpaired) electrons. The lowest BCUT2D eigenvalue weighted by Gasteiger charge is -2.56. The Bertz CT molecular complexity index is 796. The first-order valence-corrected chi connectivity index (χ1v) is 12.5. The molecule has 4 fully saturated rings. The molecule has 0 bridgehead atoms. The summed E-state index contributed by atoms with van der Waals surface area (Å²) in [5.41, 5.74) is 1.13. The van der Waals surface area contributed by atoms with Gasteiger partial charge in [0, 0.05) is 19.9 Å². The summed E-state index contributed by atoms with van der Waals surface area (Å²) in [7, 11) is 1.87. The molecule has 9 atom stereocenters. The van der Waals surface area contributed by atoms with E-state index in [4.69, 9.17) is 4.74 Å². The minimum Gasteiger partial charge on any atom is -0.384 e. The Hall–Kier alpha value is -1.34. The summed E-state index contributed by atoms with van der Waals surface area (Å²) in [5, 5.41) is 13.7. The van der Waals surface area contributed by atoms with Crippen LogP contribution in [-0.4, -0.2) is 23.5 Å². The Labute approximate surface area is 182 Å². The highest BCUT2D eigenvalue weighted by Gasteiger charge is 2.58. The molecule has 0 N–H and O–H groups in total. The van der Waals surface area contributed by atoms with Crippen LogP contribution in [0.5, 0.6) is 0 Å². The topological polar surface area (TPSA) is 50.8 Å². The van der Waals surface area contributed by atoms with Crippen LogP contribution in [0, 0.1) is 58.2 Å². The third-order valence-electron chi connectivity index (χ3n) is 10.3. The lowest BCUT2D eigenvalue weighted by Crippen LogP contribution is -2.49. The lowest BCUT2D eigenvalue weighted by atomic mass is 9.49. The van der Waals surface area contributed by atoms with Crippen LogP contribution >= 0.6 is 0 Å². The van der Waals surface area contributed by atoms with Crippen LogP contribution in [0.2, 0.25) is 0 Å². The van der Waals surface area contributed by atoms with Gasteiger partial charge >= 0.3 is 0 Å². The first-order valence-electron chi connectivity index (χ1n) is 12.5. The van der Waals surface area contributed by atoms with Gasteiger partial charge < -0.3 is 4.74 Å². The number of fused-ring (bicyclic) bond motifs is 5. The molecule has 30 heavy (non-hydrogen) atoms. The van der Waals surface area contributed by atoms with Crippen molar-refractivity contribution in [3.63, 3.8) is 0 Å². The van der Waals surface area contributed by atoms with Crippen LogP contribution in [0.4, 0.5) is 0 Å². The van der Waals surface area contributed by atoms with Gasteiger partial charge in [-0.3, -0.25) is 4.68 Å². The molecule has 4 aliphatic carbocycles. The minimum absolute atomic E-state index is 0.388. The van der Waals surface area contributed by atoms with Crippen LogP contribution in [-0.2, 0) is 4.74 Å². The maximum absolute atomic E-state index is 9.20. The fourth-order valence-corrected chi connectivity index (χ4v) is 8.97. The van der Waals surface area contributed by atoms with E-state index in [0.29, 0.717) is 22.9 Å². The molecule has 1 aromatic heterocycles. The van der Waals surface area contributed by atoms with E-state index >= 15 is 0 Å². The molecule has 0 aliphatic heterocycles. The average molecular weight is 410 g/mol. The van der Waals surface area contributed by atoms with Crippen molar-refractivity contribution in [2.45, 2.75) is 77.7 Å². The third kappa shape index (κ3) is 3.24. The van der Waals surface area contributed by atoms with E-state index in [1.807, 2.05) is 13.3 Å². The molecule has 0 amide bonds. The number of rotatable bonds is 4. The van der Waals surface area contributed by atoms with Crippen molar-refractivity contribution in [1.82, 2.24) is 9.78 Å². The van der Waals surface area contributed by atoms with Gasteiger partial charge in [-0.05, 0) is 112 Å². The standard InChI is InChI=1S/C26H39N3O/c1-17(29-15-19(13-27)14-28-29)24-8-9-25-23-7-5-20-12-18(16-30-3)4-6-21(20)22(23)10-11-26(24,25)2/h14-15,17-18,20-25H,4-12,16H2,1-3H3/t17-,18-,20+,21-,22?,23+,24?,25?,26+/m0/s1. The Morgan fingerprint density at radius 2 is 2.00 bits per heavy atom. The zero-order chi connectivity index (χ0) is 20.9. The number of hydrogen-bond donors (Lipinski definition) is 0. The van der Waals surface area contributed by atoms with Crippen molar-refractivity contribution in [1.29, 1.82) is 5.26 Å². The molecule has 1 heterocycles. The summed E-state index contributed by atoms with van der Waals surface area (Å²) in [4.78, 5) is 0. The van der Waals surface area contributed by atoms with Gasteiger partial charge in [-0.25, -0.2) is 0 Å². The van der Waals surface area contributed by atoms with Crippen molar-refractivity contribution in [3.8, 4) is 6.07 Å². The van der Waals surface area contributed by atoms with Crippen molar-refractivity contribution < 1.29 is 4.74 Å². The highest BCUT2D eigenvalue weighted by molar-refractivity contribution is 5.22. The zero-order valence-corrected chi connectivity index (χ0v) is 19.1. The van der Waals surface area contributed by atoms with Gasteiger partial charge in [0.25, 0.3) is 0 Å². The first-order chi connectivity index (χ1) is 14.5. The molecular weight excluding hydrogens is 370 g/mol. The molecule has 3 unspecified atom stereocenters. The van der Waals surface area contributed by atoms with Gasteiger partial charge in [0.05, 0.1) is 17.8 Å². The van der Waals surface area contributed by atoms with E-state index in [2.05, 4.69) is 29.7 Å². The van der Waals surface area contributed by atoms with E-state index in [9.17, 15) is 5.26 Å². The Balaban J connectivity index is 1.31. The average Bonchev–Trinajstić information content (AvgIpc) is 3.37. The van der Waals surface area contributed by atoms with Gasteiger partial charge in [-0.2, -0.15) is 10.4 Å². The second kappa shape index (κ2) is 7.97. The minimum atomic E-state index is 0.388. The van der Waals surface area contributed by atoms with Gasteiger partial charge in [0.1, 0.15) is 6.07 Å². The van der Waals surface area contributed by atoms with E-state index in [-0.39, 0.29) is 0 Å². The largest absolute Gasteiger partial charge is 0.384 e. The van der Waals surface area contributed by atoms with Crippen LogP contribution < -0.4 is 0 Å². The maximum Gasteiger partial charge on any atom is 0.102 e. The van der Waals surface area contributed by atoms with Crippen molar-refractivity contribution in [2.75, 3.05) is 13.7 Å². The van der Waals surface area contributed by atoms with E-state index in [1.165, 1.54) is 57.8 Å². The predicted octanol–water partition coefficient (Wildman–Crippen LogP) is 5.85. The summed E-state index contributed by atoms with van der Waals surface area (Å²) >= 11 is 0. The third-order valence-corrected chi connectivity index (χ3v) is 10.3. The van der Waals surface area contributed by atoms with E-state index < -0.39 is 0 Å². The molecule has 4 nitrogen and oxygen atoms in total. The maximum atomic E-state index is 9.20. The number of hydrogen-bond acceptors (Lipinski definition) is 3. The highest BCUT2D eigenvalue weighted by Crippen LogP contribution is 2.65. The highest BCUT2D eigenvalue weighted by atomic mass is 16.5. The molecule has 164 valence electrons.